The highest BCUT2D eigenvalue weighted by molar-refractivity contribution is 5.67. The molecule has 2 aliphatic rings. The van der Waals surface area contributed by atoms with Crippen molar-refractivity contribution in [2.45, 2.75) is 46.8 Å². The summed E-state index contributed by atoms with van der Waals surface area (Å²) in [6.45, 7) is 11.4. The number of carbonyl (C=O) groups is 1. The van der Waals surface area contributed by atoms with Gasteiger partial charge in [0, 0.05) is 17.4 Å². The van der Waals surface area contributed by atoms with E-state index < -0.39 is 0 Å². The van der Waals surface area contributed by atoms with Crippen molar-refractivity contribution in [3.05, 3.63) is 35.8 Å². The van der Waals surface area contributed by atoms with Gasteiger partial charge >= 0.3 is 6.09 Å². The van der Waals surface area contributed by atoms with Crippen LogP contribution >= 0.6 is 0 Å². The molecule has 2 heterocycles. The van der Waals surface area contributed by atoms with Gasteiger partial charge in [-0.2, -0.15) is 0 Å². The number of rotatable bonds is 4. The summed E-state index contributed by atoms with van der Waals surface area (Å²) in [5, 5.41) is 2.79. The van der Waals surface area contributed by atoms with Crippen molar-refractivity contribution < 1.29 is 18.7 Å². The van der Waals surface area contributed by atoms with E-state index in [-0.39, 0.29) is 35.5 Å². The molecule has 1 fully saturated rings. The summed E-state index contributed by atoms with van der Waals surface area (Å²) in [6.07, 6.45) is 3.56. The van der Waals surface area contributed by atoms with Crippen LogP contribution in [0.3, 0.4) is 0 Å². The van der Waals surface area contributed by atoms with E-state index >= 15 is 0 Å². The number of hydrogen-bond acceptors (Lipinski definition) is 4. The molecule has 0 saturated carbocycles. The SMILES string of the molecule is CC1=C[C@H](C)[C@@]2(COC(=O)NC(C)C)CO[C@H](c3ccco3)[C@H]1[C@@H]2C. The van der Waals surface area contributed by atoms with Gasteiger partial charge in [-0.15, -0.1) is 0 Å². The van der Waals surface area contributed by atoms with Gasteiger partial charge in [-0.05, 0) is 44.7 Å². The fourth-order valence-electron chi connectivity index (χ4n) is 4.44. The number of amides is 1. The smallest absolute Gasteiger partial charge is 0.407 e. The zero-order valence-electron chi connectivity index (χ0n) is 15.7. The molecule has 1 amide bonds. The lowest BCUT2D eigenvalue weighted by atomic mass is 9.56. The van der Waals surface area contributed by atoms with Crippen LogP contribution in [0.4, 0.5) is 4.79 Å². The lowest BCUT2D eigenvalue weighted by Crippen LogP contribution is -2.54. The molecule has 0 unspecified atom stereocenters. The summed E-state index contributed by atoms with van der Waals surface area (Å²) >= 11 is 0. The van der Waals surface area contributed by atoms with E-state index in [4.69, 9.17) is 13.9 Å². The maximum Gasteiger partial charge on any atom is 0.407 e. The first-order valence-electron chi connectivity index (χ1n) is 9.12. The lowest BCUT2D eigenvalue weighted by molar-refractivity contribution is -0.170. The van der Waals surface area contributed by atoms with Crippen LogP contribution in [0.15, 0.2) is 34.5 Å². The molecule has 0 spiro atoms. The van der Waals surface area contributed by atoms with E-state index in [0.717, 1.165) is 5.76 Å². The fraction of sp³-hybridized carbons (Fsp3) is 0.650. The maximum atomic E-state index is 12.0. The van der Waals surface area contributed by atoms with Gasteiger partial charge in [-0.25, -0.2) is 4.79 Å². The van der Waals surface area contributed by atoms with Gasteiger partial charge in [-0.1, -0.05) is 25.5 Å². The minimum Gasteiger partial charge on any atom is -0.467 e. The van der Waals surface area contributed by atoms with Crippen LogP contribution in [0, 0.1) is 23.2 Å². The van der Waals surface area contributed by atoms with Crippen LogP contribution in [0.2, 0.25) is 0 Å². The van der Waals surface area contributed by atoms with Crippen molar-refractivity contribution >= 4 is 6.09 Å². The first kappa shape index (κ1) is 18.1. The van der Waals surface area contributed by atoms with E-state index in [1.807, 2.05) is 26.0 Å². The minimum absolute atomic E-state index is 0.0621. The normalized spacial score (nSPS) is 34.6. The molecule has 1 saturated heterocycles. The second-order valence-electron chi connectivity index (χ2n) is 7.87. The number of hydrogen-bond donors (Lipinski definition) is 1. The monoisotopic (exact) mass is 347 g/mol. The predicted octanol–water partition coefficient (Wildman–Crippen LogP) is 4.32. The Morgan fingerprint density at radius 2 is 2.20 bits per heavy atom. The van der Waals surface area contributed by atoms with Crippen molar-refractivity contribution in [2.24, 2.45) is 23.2 Å². The molecule has 25 heavy (non-hydrogen) atoms. The van der Waals surface area contributed by atoms with E-state index in [2.05, 4.69) is 32.2 Å². The number of alkyl carbamates (subject to hydrolysis) is 1. The van der Waals surface area contributed by atoms with Crippen LogP contribution in [0.5, 0.6) is 0 Å². The standard InChI is InChI=1S/C20H29NO4/c1-12(2)21-19(22)25-11-20-10-24-18(16-7-6-8-23-16)17(15(20)5)13(3)9-14(20)4/h6-9,12,14-15,17-18H,10-11H2,1-5H3,(H,21,22)/t14-,15-,17+,18+,20-/m0/s1. The lowest BCUT2D eigenvalue weighted by Gasteiger charge is -2.54. The van der Waals surface area contributed by atoms with E-state index in [9.17, 15) is 4.79 Å². The summed E-state index contributed by atoms with van der Waals surface area (Å²) in [7, 11) is 0. The number of allylic oxidation sites excluding steroid dienone is 1. The van der Waals surface area contributed by atoms with Crippen LogP contribution in [0.1, 0.15) is 46.5 Å². The molecule has 3 rings (SSSR count). The number of ether oxygens (including phenoxy) is 2. The first-order valence-corrected chi connectivity index (χ1v) is 9.12. The van der Waals surface area contributed by atoms with Crippen LogP contribution in [0.25, 0.3) is 0 Å². The summed E-state index contributed by atoms with van der Waals surface area (Å²) in [5.41, 5.74) is 1.12. The molecular weight excluding hydrogens is 318 g/mol. The Kier molecular flexibility index (Phi) is 4.96. The van der Waals surface area contributed by atoms with Gasteiger partial charge in [0.2, 0.25) is 0 Å². The fourth-order valence-corrected chi connectivity index (χ4v) is 4.44. The van der Waals surface area contributed by atoms with Gasteiger partial charge in [-0.3, -0.25) is 0 Å². The van der Waals surface area contributed by atoms with Crippen molar-refractivity contribution in [1.29, 1.82) is 0 Å². The van der Waals surface area contributed by atoms with Gasteiger partial charge in [0.15, 0.2) is 0 Å². The highest BCUT2D eigenvalue weighted by atomic mass is 16.6. The maximum absolute atomic E-state index is 12.0. The number of furan rings is 1. The molecule has 0 radical (unpaired) electrons. The Hall–Kier alpha value is -1.75. The Morgan fingerprint density at radius 1 is 1.44 bits per heavy atom. The largest absolute Gasteiger partial charge is 0.467 e. The van der Waals surface area contributed by atoms with Gasteiger partial charge in [0.05, 0.1) is 12.9 Å². The van der Waals surface area contributed by atoms with Gasteiger partial charge in [0.1, 0.15) is 18.5 Å². The first-order chi connectivity index (χ1) is 11.8. The third kappa shape index (κ3) is 3.22. The zero-order valence-corrected chi connectivity index (χ0v) is 15.7. The van der Waals surface area contributed by atoms with Crippen LogP contribution < -0.4 is 5.32 Å². The van der Waals surface area contributed by atoms with Crippen molar-refractivity contribution in [1.82, 2.24) is 5.32 Å². The quantitative estimate of drug-likeness (QED) is 0.824. The number of carbonyl (C=O) groups excluding carboxylic acids is 1. The number of nitrogens with one attached hydrogen (secondary N) is 1. The average molecular weight is 347 g/mol. The second kappa shape index (κ2) is 6.87. The minimum atomic E-state index is -0.361. The summed E-state index contributed by atoms with van der Waals surface area (Å²) in [6, 6.07) is 3.93. The Balaban J connectivity index is 1.82. The molecular formula is C20H29NO4. The third-order valence-electron chi connectivity index (χ3n) is 5.95. The van der Waals surface area contributed by atoms with Crippen molar-refractivity contribution in [3.8, 4) is 0 Å². The average Bonchev–Trinajstić information content (AvgIpc) is 3.05. The molecule has 1 aliphatic heterocycles. The molecule has 1 aliphatic carbocycles. The van der Waals surface area contributed by atoms with E-state index in [1.165, 1.54) is 5.57 Å². The van der Waals surface area contributed by atoms with E-state index in [0.29, 0.717) is 19.1 Å². The molecule has 1 N–H and O–H groups in total. The number of fused-ring (bicyclic) bond motifs is 2. The molecule has 0 aromatic carbocycles. The molecule has 5 atom stereocenters. The molecule has 5 heteroatoms. The van der Waals surface area contributed by atoms with Gasteiger partial charge in [0.25, 0.3) is 0 Å². The third-order valence-corrected chi connectivity index (χ3v) is 5.95. The second-order valence-corrected chi connectivity index (χ2v) is 7.87. The zero-order chi connectivity index (χ0) is 18.2. The van der Waals surface area contributed by atoms with Crippen molar-refractivity contribution in [2.75, 3.05) is 13.2 Å². The Morgan fingerprint density at radius 3 is 2.84 bits per heavy atom. The molecule has 1 aromatic rings. The highest BCUT2D eigenvalue weighted by Crippen LogP contribution is 2.56. The summed E-state index contributed by atoms with van der Waals surface area (Å²) in [5.74, 6) is 1.70. The Bertz CT molecular complexity index is 636. The highest BCUT2D eigenvalue weighted by Gasteiger charge is 2.55. The predicted molar refractivity (Wildman–Crippen MR) is 95.0 cm³/mol. The summed E-state index contributed by atoms with van der Waals surface area (Å²) < 4.78 is 17.5. The molecule has 138 valence electrons. The van der Waals surface area contributed by atoms with E-state index in [1.54, 1.807) is 6.26 Å². The Labute approximate surface area is 149 Å². The summed E-state index contributed by atoms with van der Waals surface area (Å²) in [4.78, 5) is 12.0. The molecule has 2 bridgehead atoms. The van der Waals surface area contributed by atoms with Crippen molar-refractivity contribution in [3.63, 3.8) is 0 Å². The molecule has 1 aromatic heterocycles. The van der Waals surface area contributed by atoms with Crippen LogP contribution in [-0.2, 0) is 9.47 Å². The van der Waals surface area contributed by atoms with Gasteiger partial charge < -0.3 is 19.2 Å². The molecule has 5 nitrogen and oxygen atoms in total. The van der Waals surface area contributed by atoms with Crippen LogP contribution in [-0.4, -0.2) is 25.3 Å². The topological polar surface area (TPSA) is 60.7 Å².